The minimum atomic E-state index is -0.576. The third-order valence-electron chi connectivity index (χ3n) is 7.14. The van der Waals surface area contributed by atoms with Crippen LogP contribution < -0.4 is 9.64 Å². The first-order chi connectivity index (χ1) is 18.9. The number of amides is 2. The summed E-state index contributed by atoms with van der Waals surface area (Å²) in [6.45, 7) is 6.80. The summed E-state index contributed by atoms with van der Waals surface area (Å²) in [7, 11) is 1.63. The van der Waals surface area contributed by atoms with Crippen LogP contribution in [0.4, 0.5) is 10.2 Å². The number of hydrogen-bond acceptors (Lipinski definition) is 6. The van der Waals surface area contributed by atoms with Gasteiger partial charge in [0.1, 0.15) is 18.1 Å². The molecule has 0 saturated carbocycles. The molecule has 0 N–H and O–H groups in total. The highest BCUT2D eigenvalue weighted by Crippen LogP contribution is 2.23. The number of nitrogens with zero attached hydrogens (tertiary/aromatic N) is 5. The fourth-order valence-corrected chi connectivity index (χ4v) is 4.62. The molecule has 0 radical (unpaired) electrons. The van der Waals surface area contributed by atoms with Gasteiger partial charge in [-0.2, -0.15) is 0 Å². The van der Waals surface area contributed by atoms with Crippen LogP contribution in [0.15, 0.2) is 60.7 Å². The molecule has 1 aliphatic rings. The minimum absolute atomic E-state index is 0.00777. The number of benzene rings is 2. The van der Waals surface area contributed by atoms with E-state index in [9.17, 15) is 14.0 Å². The monoisotopic (exact) mass is 533 g/mol. The molecule has 206 valence electrons. The van der Waals surface area contributed by atoms with Crippen molar-refractivity contribution >= 4 is 17.6 Å². The van der Waals surface area contributed by atoms with Gasteiger partial charge in [0, 0.05) is 38.3 Å². The van der Waals surface area contributed by atoms with E-state index in [4.69, 9.17) is 4.74 Å². The fraction of sp³-hybridized carbons (Fsp3) is 0.400. The molecule has 0 aliphatic carbocycles. The van der Waals surface area contributed by atoms with Crippen molar-refractivity contribution in [3.05, 3.63) is 72.0 Å². The Morgan fingerprint density at radius 1 is 1.03 bits per heavy atom. The highest BCUT2D eigenvalue weighted by molar-refractivity contribution is 5.96. The standard InChI is InChI=1S/C30H36FN5O3/c1-4-22(2)20-36(30(38)25-11-5-6-12-26(25)31)21-29(37)35-16-8-15-34(17-18-35)28-14-13-27(32-33-28)23-9-7-10-24(19-23)39-3/h5-7,9-14,19,22H,4,8,15-18,20-21H2,1-3H3/t22-/m0/s1. The van der Waals surface area contributed by atoms with Gasteiger partial charge in [-0.25, -0.2) is 4.39 Å². The largest absolute Gasteiger partial charge is 0.497 e. The predicted molar refractivity (Wildman–Crippen MR) is 149 cm³/mol. The van der Waals surface area contributed by atoms with Gasteiger partial charge in [0.05, 0.1) is 18.4 Å². The van der Waals surface area contributed by atoms with Crippen molar-refractivity contribution in [3.8, 4) is 17.0 Å². The van der Waals surface area contributed by atoms with Crippen LogP contribution in [-0.4, -0.2) is 78.2 Å². The number of rotatable bonds is 9. The van der Waals surface area contributed by atoms with E-state index in [0.29, 0.717) is 26.2 Å². The Labute approximate surface area is 229 Å². The van der Waals surface area contributed by atoms with Crippen molar-refractivity contribution in [1.82, 2.24) is 20.0 Å². The number of anilines is 1. The van der Waals surface area contributed by atoms with Crippen LogP contribution in [0.3, 0.4) is 0 Å². The maximum absolute atomic E-state index is 14.4. The molecule has 1 atom stereocenters. The first-order valence-electron chi connectivity index (χ1n) is 13.4. The van der Waals surface area contributed by atoms with E-state index in [0.717, 1.165) is 42.2 Å². The summed E-state index contributed by atoms with van der Waals surface area (Å²) in [6.07, 6.45) is 1.61. The molecule has 9 heteroatoms. The second-order valence-corrected chi connectivity index (χ2v) is 9.91. The molecule has 4 rings (SSSR count). The predicted octanol–water partition coefficient (Wildman–Crippen LogP) is 4.52. The molecule has 2 heterocycles. The maximum atomic E-state index is 14.4. The van der Waals surface area contributed by atoms with Crippen LogP contribution in [0.1, 0.15) is 37.0 Å². The van der Waals surface area contributed by atoms with Crippen molar-refractivity contribution in [1.29, 1.82) is 0 Å². The van der Waals surface area contributed by atoms with Crippen LogP contribution in [-0.2, 0) is 4.79 Å². The Balaban J connectivity index is 1.40. The molecule has 8 nitrogen and oxygen atoms in total. The topological polar surface area (TPSA) is 78.9 Å². The molecular weight excluding hydrogens is 497 g/mol. The number of methoxy groups -OCH3 is 1. The van der Waals surface area contributed by atoms with Crippen molar-refractivity contribution in [2.75, 3.05) is 51.3 Å². The number of ether oxygens (including phenoxy) is 1. The first-order valence-corrected chi connectivity index (χ1v) is 13.4. The lowest BCUT2D eigenvalue weighted by atomic mass is 10.1. The van der Waals surface area contributed by atoms with Gasteiger partial charge >= 0.3 is 0 Å². The van der Waals surface area contributed by atoms with E-state index in [2.05, 4.69) is 15.1 Å². The zero-order valence-electron chi connectivity index (χ0n) is 22.8. The maximum Gasteiger partial charge on any atom is 0.257 e. The second kappa shape index (κ2) is 13.2. The third-order valence-corrected chi connectivity index (χ3v) is 7.14. The molecule has 3 aromatic rings. The number of carbonyl (C=O) groups is 2. The Bertz CT molecular complexity index is 1270. The van der Waals surface area contributed by atoms with Crippen molar-refractivity contribution < 1.29 is 18.7 Å². The van der Waals surface area contributed by atoms with Crippen molar-refractivity contribution in [2.45, 2.75) is 26.7 Å². The van der Waals surface area contributed by atoms with Crippen LogP contribution >= 0.6 is 0 Å². The number of carbonyl (C=O) groups excluding carboxylic acids is 2. The average Bonchev–Trinajstić information content (AvgIpc) is 3.23. The fourth-order valence-electron chi connectivity index (χ4n) is 4.62. The van der Waals surface area contributed by atoms with Gasteiger partial charge < -0.3 is 19.4 Å². The molecular formula is C30H36FN5O3. The third kappa shape index (κ3) is 7.10. The molecule has 1 saturated heterocycles. The van der Waals surface area contributed by atoms with Crippen LogP contribution in [0.25, 0.3) is 11.3 Å². The Kier molecular flexibility index (Phi) is 9.46. The van der Waals surface area contributed by atoms with Crippen molar-refractivity contribution in [3.63, 3.8) is 0 Å². The van der Waals surface area contributed by atoms with E-state index in [1.54, 1.807) is 24.1 Å². The number of halogens is 1. The molecule has 1 fully saturated rings. The Hall–Kier alpha value is -4.01. The average molecular weight is 534 g/mol. The summed E-state index contributed by atoms with van der Waals surface area (Å²) in [5, 5.41) is 8.86. The second-order valence-electron chi connectivity index (χ2n) is 9.91. The summed E-state index contributed by atoms with van der Waals surface area (Å²) in [5.41, 5.74) is 1.67. The highest BCUT2D eigenvalue weighted by Gasteiger charge is 2.26. The number of aromatic nitrogens is 2. The van der Waals surface area contributed by atoms with E-state index in [-0.39, 0.29) is 23.9 Å². The quantitative estimate of drug-likeness (QED) is 0.403. The van der Waals surface area contributed by atoms with Crippen LogP contribution in [0.2, 0.25) is 0 Å². The lowest BCUT2D eigenvalue weighted by molar-refractivity contribution is -0.131. The van der Waals surface area contributed by atoms with Gasteiger partial charge in [-0.3, -0.25) is 9.59 Å². The van der Waals surface area contributed by atoms with Gasteiger partial charge in [-0.1, -0.05) is 44.5 Å². The summed E-state index contributed by atoms with van der Waals surface area (Å²) in [6, 6.07) is 17.5. The molecule has 39 heavy (non-hydrogen) atoms. The van der Waals surface area contributed by atoms with Crippen LogP contribution in [0, 0.1) is 11.7 Å². The molecule has 2 aromatic carbocycles. The summed E-state index contributed by atoms with van der Waals surface area (Å²) < 4.78 is 19.7. The normalized spacial score (nSPS) is 14.5. The minimum Gasteiger partial charge on any atom is -0.497 e. The van der Waals surface area contributed by atoms with E-state index in [1.165, 1.54) is 17.0 Å². The van der Waals surface area contributed by atoms with Gasteiger partial charge in [0.25, 0.3) is 5.91 Å². The van der Waals surface area contributed by atoms with E-state index >= 15 is 0 Å². The first kappa shape index (κ1) is 28.0. The van der Waals surface area contributed by atoms with E-state index < -0.39 is 11.7 Å². The van der Waals surface area contributed by atoms with Gasteiger partial charge in [0.2, 0.25) is 5.91 Å². The lowest BCUT2D eigenvalue weighted by Crippen LogP contribution is -2.45. The molecule has 2 amide bonds. The summed E-state index contributed by atoms with van der Waals surface area (Å²) in [4.78, 5) is 31.9. The van der Waals surface area contributed by atoms with Gasteiger partial charge in [-0.15, -0.1) is 10.2 Å². The molecule has 1 aromatic heterocycles. The number of hydrogen-bond donors (Lipinski definition) is 0. The Morgan fingerprint density at radius 2 is 1.85 bits per heavy atom. The van der Waals surface area contributed by atoms with Gasteiger partial charge in [-0.05, 0) is 48.7 Å². The molecule has 0 spiro atoms. The zero-order chi connectivity index (χ0) is 27.8. The molecule has 0 bridgehead atoms. The highest BCUT2D eigenvalue weighted by atomic mass is 19.1. The van der Waals surface area contributed by atoms with E-state index in [1.807, 2.05) is 50.2 Å². The summed E-state index contributed by atoms with van der Waals surface area (Å²) in [5.74, 6) is 0.534. The van der Waals surface area contributed by atoms with Crippen molar-refractivity contribution in [2.24, 2.45) is 5.92 Å². The zero-order valence-corrected chi connectivity index (χ0v) is 22.8. The Morgan fingerprint density at radius 3 is 2.56 bits per heavy atom. The lowest BCUT2D eigenvalue weighted by Gasteiger charge is -2.29. The SMILES string of the molecule is CC[C@H](C)CN(CC(=O)N1CCCN(c2ccc(-c3cccc(OC)c3)nn2)CC1)C(=O)c1ccccc1F. The summed E-state index contributed by atoms with van der Waals surface area (Å²) >= 11 is 0. The van der Waals surface area contributed by atoms with Crippen LogP contribution in [0.5, 0.6) is 5.75 Å². The molecule has 1 aliphatic heterocycles. The van der Waals surface area contributed by atoms with Gasteiger partial charge in [0.15, 0.2) is 5.82 Å². The smallest absolute Gasteiger partial charge is 0.257 e. The molecule has 0 unspecified atom stereocenters.